The van der Waals surface area contributed by atoms with Crippen LogP contribution in [0.3, 0.4) is 0 Å². The van der Waals surface area contributed by atoms with Gasteiger partial charge in [0.15, 0.2) is 5.16 Å². The number of hydrogen-bond acceptors (Lipinski definition) is 4. The fourth-order valence-corrected chi connectivity index (χ4v) is 3.52. The summed E-state index contributed by atoms with van der Waals surface area (Å²) in [6.07, 6.45) is 2.07. The van der Waals surface area contributed by atoms with Gasteiger partial charge in [0.25, 0.3) is 0 Å². The minimum Gasteiger partial charge on any atom is -0.465 e. The van der Waals surface area contributed by atoms with Crippen LogP contribution in [0.5, 0.6) is 0 Å². The van der Waals surface area contributed by atoms with Crippen molar-refractivity contribution in [3.05, 3.63) is 65.1 Å². The lowest BCUT2D eigenvalue weighted by Gasteiger charge is -2.10. The lowest BCUT2D eigenvalue weighted by Crippen LogP contribution is -2.05. The minimum absolute atomic E-state index is 0.344. The second-order valence-electron chi connectivity index (χ2n) is 6.43. The van der Waals surface area contributed by atoms with Crippen molar-refractivity contribution in [2.24, 2.45) is 5.92 Å². The number of aromatic nitrogens is 2. The molecule has 5 heteroatoms. The maximum Gasteiger partial charge on any atom is 0.337 e. The Morgan fingerprint density at radius 3 is 2.69 bits per heavy atom. The van der Waals surface area contributed by atoms with Crippen molar-refractivity contribution in [3.8, 4) is 0 Å². The Labute approximate surface area is 157 Å². The van der Waals surface area contributed by atoms with Gasteiger partial charge in [0.2, 0.25) is 0 Å². The fraction of sp³-hybridized carbons (Fsp3) is 0.238. The van der Waals surface area contributed by atoms with E-state index < -0.39 is 0 Å². The molecule has 1 aromatic heterocycles. The lowest BCUT2D eigenvalue weighted by atomic mass is 10.2. The summed E-state index contributed by atoms with van der Waals surface area (Å²) in [6.45, 7) is 5.24. The molecule has 3 rings (SSSR count). The second-order valence-corrected chi connectivity index (χ2v) is 7.30. The quantitative estimate of drug-likeness (QED) is 0.442. The predicted octanol–water partition coefficient (Wildman–Crippen LogP) is 5.24. The number of methoxy groups -OCH3 is 1. The Balaban J connectivity index is 1.94. The smallest absolute Gasteiger partial charge is 0.337 e. The number of hydrogen-bond donors (Lipinski definition) is 0. The first-order chi connectivity index (χ1) is 12.6. The van der Waals surface area contributed by atoms with Crippen LogP contribution in [-0.4, -0.2) is 22.6 Å². The van der Waals surface area contributed by atoms with Crippen LogP contribution in [0.1, 0.15) is 29.8 Å². The van der Waals surface area contributed by atoms with Crippen LogP contribution in [0.2, 0.25) is 0 Å². The Bertz CT molecular complexity index is 930. The SMILES string of the molecule is COC(=O)c1ccc2c(c1)nc(S/C=C/c1ccccc1)n2CC(C)C. The normalized spacial score (nSPS) is 11.5. The van der Waals surface area contributed by atoms with Crippen molar-refractivity contribution in [2.45, 2.75) is 25.5 Å². The van der Waals surface area contributed by atoms with Gasteiger partial charge in [-0.25, -0.2) is 9.78 Å². The highest BCUT2D eigenvalue weighted by atomic mass is 32.2. The highest BCUT2D eigenvalue weighted by Crippen LogP contribution is 2.27. The number of thioether (sulfide) groups is 1. The monoisotopic (exact) mass is 366 g/mol. The second kappa shape index (κ2) is 8.23. The molecule has 4 nitrogen and oxygen atoms in total. The zero-order chi connectivity index (χ0) is 18.5. The molecule has 0 bridgehead atoms. The molecule has 0 unspecified atom stereocenters. The van der Waals surface area contributed by atoms with E-state index in [1.807, 2.05) is 24.3 Å². The molecule has 26 heavy (non-hydrogen) atoms. The molecule has 2 aromatic carbocycles. The van der Waals surface area contributed by atoms with Crippen LogP contribution in [0, 0.1) is 5.92 Å². The highest BCUT2D eigenvalue weighted by molar-refractivity contribution is 8.02. The average Bonchev–Trinajstić information content (AvgIpc) is 2.98. The van der Waals surface area contributed by atoms with E-state index in [4.69, 9.17) is 9.72 Å². The van der Waals surface area contributed by atoms with Gasteiger partial charge in [-0.15, -0.1) is 0 Å². The summed E-state index contributed by atoms with van der Waals surface area (Å²) in [5.74, 6) is 0.147. The maximum atomic E-state index is 11.8. The predicted molar refractivity (Wildman–Crippen MR) is 107 cm³/mol. The number of ether oxygens (including phenoxy) is 1. The molecular formula is C21H22N2O2S. The van der Waals surface area contributed by atoms with E-state index >= 15 is 0 Å². The van der Waals surface area contributed by atoms with Gasteiger partial charge in [-0.3, -0.25) is 0 Å². The highest BCUT2D eigenvalue weighted by Gasteiger charge is 2.14. The lowest BCUT2D eigenvalue weighted by molar-refractivity contribution is 0.0601. The molecule has 0 aliphatic heterocycles. The summed E-state index contributed by atoms with van der Waals surface area (Å²) in [4.78, 5) is 16.5. The third-order valence-corrected chi connectivity index (χ3v) is 4.71. The number of rotatable bonds is 6. The Kier molecular flexibility index (Phi) is 5.78. The van der Waals surface area contributed by atoms with E-state index in [0.717, 1.165) is 28.3 Å². The molecule has 0 saturated carbocycles. The van der Waals surface area contributed by atoms with E-state index in [2.05, 4.69) is 42.0 Å². The molecule has 0 atom stereocenters. The molecule has 0 fully saturated rings. The molecule has 0 radical (unpaired) electrons. The zero-order valence-electron chi connectivity index (χ0n) is 15.2. The summed E-state index contributed by atoms with van der Waals surface area (Å²) < 4.78 is 7.02. The third kappa shape index (κ3) is 4.17. The first-order valence-corrected chi connectivity index (χ1v) is 9.43. The van der Waals surface area contributed by atoms with Crippen molar-refractivity contribution >= 4 is 34.8 Å². The fourth-order valence-electron chi connectivity index (χ4n) is 2.72. The minimum atomic E-state index is -0.344. The van der Waals surface area contributed by atoms with E-state index in [0.29, 0.717) is 11.5 Å². The van der Waals surface area contributed by atoms with Gasteiger partial charge in [0.1, 0.15) is 0 Å². The summed E-state index contributed by atoms with van der Waals surface area (Å²) in [6, 6.07) is 15.7. The number of imidazole rings is 1. The van der Waals surface area contributed by atoms with E-state index in [-0.39, 0.29) is 5.97 Å². The largest absolute Gasteiger partial charge is 0.465 e. The van der Waals surface area contributed by atoms with Crippen LogP contribution in [0.25, 0.3) is 17.1 Å². The van der Waals surface area contributed by atoms with E-state index in [9.17, 15) is 4.79 Å². The van der Waals surface area contributed by atoms with Gasteiger partial charge in [-0.05, 0) is 41.2 Å². The van der Waals surface area contributed by atoms with E-state index in [1.54, 1.807) is 23.9 Å². The van der Waals surface area contributed by atoms with Crippen LogP contribution in [0.4, 0.5) is 0 Å². The molecule has 0 aliphatic carbocycles. The Hall–Kier alpha value is -2.53. The molecule has 0 saturated heterocycles. The van der Waals surface area contributed by atoms with Gasteiger partial charge in [0, 0.05) is 6.54 Å². The van der Waals surface area contributed by atoms with Crippen molar-refractivity contribution in [1.29, 1.82) is 0 Å². The number of esters is 1. The number of carbonyl (C=O) groups excluding carboxylic acids is 1. The number of benzene rings is 2. The standard InChI is InChI=1S/C21H22N2O2S/c1-15(2)14-23-19-10-9-17(20(24)25-3)13-18(19)22-21(23)26-12-11-16-7-5-4-6-8-16/h4-13,15H,14H2,1-3H3/b12-11+. The van der Waals surface area contributed by atoms with Crippen molar-refractivity contribution in [2.75, 3.05) is 7.11 Å². The summed E-state index contributed by atoms with van der Waals surface area (Å²) in [5.41, 5.74) is 3.51. The average molecular weight is 366 g/mol. The molecule has 0 spiro atoms. The topological polar surface area (TPSA) is 44.1 Å². The maximum absolute atomic E-state index is 11.8. The number of nitrogens with zero attached hydrogens (tertiary/aromatic N) is 2. The third-order valence-electron chi connectivity index (χ3n) is 3.92. The van der Waals surface area contributed by atoms with Crippen molar-refractivity contribution < 1.29 is 9.53 Å². The molecule has 134 valence electrons. The summed E-state index contributed by atoms with van der Waals surface area (Å²) in [5, 5.41) is 2.97. The van der Waals surface area contributed by atoms with Crippen LogP contribution >= 0.6 is 11.8 Å². The number of fused-ring (bicyclic) bond motifs is 1. The van der Waals surface area contributed by atoms with Gasteiger partial charge in [-0.2, -0.15) is 0 Å². The molecule has 1 heterocycles. The van der Waals surface area contributed by atoms with Crippen molar-refractivity contribution in [3.63, 3.8) is 0 Å². The summed E-state index contributed by atoms with van der Waals surface area (Å²) >= 11 is 1.58. The zero-order valence-corrected chi connectivity index (χ0v) is 16.0. The Morgan fingerprint density at radius 2 is 2.00 bits per heavy atom. The number of carbonyl (C=O) groups is 1. The first kappa shape index (κ1) is 18.3. The summed E-state index contributed by atoms with van der Waals surface area (Å²) in [7, 11) is 1.39. The first-order valence-electron chi connectivity index (χ1n) is 8.55. The molecule has 0 amide bonds. The van der Waals surface area contributed by atoms with Crippen molar-refractivity contribution in [1.82, 2.24) is 9.55 Å². The molecule has 3 aromatic rings. The van der Waals surface area contributed by atoms with Crippen LogP contribution in [0.15, 0.2) is 59.1 Å². The Morgan fingerprint density at radius 1 is 1.23 bits per heavy atom. The van der Waals surface area contributed by atoms with Gasteiger partial charge < -0.3 is 9.30 Å². The van der Waals surface area contributed by atoms with Gasteiger partial charge >= 0.3 is 5.97 Å². The van der Waals surface area contributed by atoms with E-state index in [1.165, 1.54) is 7.11 Å². The molecule has 0 N–H and O–H groups in total. The molecule has 0 aliphatic rings. The molecular weight excluding hydrogens is 344 g/mol. The van der Waals surface area contributed by atoms with Crippen LogP contribution < -0.4 is 0 Å². The van der Waals surface area contributed by atoms with Gasteiger partial charge in [0.05, 0.1) is 23.7 Å². The van der Waals surface area contributed by atoms with Crippen LogP contribution in [-0.2, 0) is 11.3 Å². The van der Waals surface area contributed by atoms with Gasteiger partial charge in [-0.1, -0.05) is 55.9 Å².